The summed E-state index contributed by atoms with van der Waals surface area (Å²) in [6.07, 6.45) is 9.64. The zero-order valence-electron chi connectivity index (χ0n) is 19.9. The number of carbonyl (C=O) groups excluding carboxylic acids is 1. The molecule has 7 nitrogen and oxygen atoms in total. The molecule has 3 atom stereocenters. The van der Waals surface area contributed by atoms with E-state index in [1.807, 2.05) is 17.7 Å². The first-order valence-electron chi connectivity index (χ1n) is 11.9. The third kappa shape index (κ3) is 8.94. The van der Waals surface area contributed by atoms with Gasteiger partial charge in [-0.05, 0) is 24.8 Å². The zero-order valence-corrected chi connectivity index (χ0v) is 20.9. The van der Waals surface area contributed by atoms with Crippen LogP contribution in [-0.2, 0) is 16.2 Å². The Balaban J connectivity index is 2.17. The van der Waals surface area contributed by atoms with Crippen molar-refractivity contribution in [1.29, 1.82) is 0 Å². The highest BCUT2D eigenvalue weighted by Gasteiger charge is 2.35. The number of aromatic nitrogens is 2. The molecule has 1 amide bonds. The predicted molar refractivity (Wildman–Crippen MR) is 126 cm³/mol. The molecule has 178 valence electrons. The molecule has 0 spiro atoms. The highest BCUT2D eigenvalue weighted by Crippen LogP contribution is 2.36. The number of imidazole rings is 1. The van der Waals surface area contributed by atoms with E-state index in [1.165, 1.54) is 32.1 Å². The van der Waals surface area contributed by atoms with Crippen LogP contribution in [0.4, 0.5) is 4.79 Å². The summed E-state index contributed by atoms with van der Waals surface area (Å²) in [5, 5.41) is 11.3. The van der Waals surface area contributed by atoms with Gasteiger partial charge in [-0.1, -0.05) is 65.1 Å². The second-order valence-electron chi connectivity index (χ2n) is 10.2. The van der Waals surface area contributed by atoms with Crippen molar-refractivity contribution in [2.24, 2.45) is 11.7 Å². The molecular weight excluding hydrogens is 410 g/mol. The van der Waals surface area contributed by atoms with Crippen molar-refractivity contribution < 1.29 is 19.4 Å². The minimum atomic E-state index is -1.15. The summed E-state index contributed by atoms with van der Waals surface area (Å²) >= 11 is 0. The number of carbonyl (C=O) groups is 1. The van der Waals surface area contributed by atoms with Crippen LogP contribution in [0.15, 0.2) is 12.4 Å². The van der Waals surface area contributed by atoms with E-state index in [0.29, 0.717) is 19.1 Å². The Bertz CT molecular complexity index is 655. The lowest BCUT2D eigenvalue weighted by Gasteiger charge is -2.33. The maximum Gasteiger partial charge on any atom is 0.404 e. The van der Waals surface area contributed by atoms with Crippen LogP contribution in [0.1, 0.15) is 70.0 Å². The summed E-state index contributed by atoms with van der Waals surface area (Å²) < 4.78 is 13.3. The minimum absolute atomic E-state index is 0.227. The molecule has 31 heavy (non-hydrogen) atoms. The van der Waals surface area contributed by atoms with Gasteiger partial charge in [0.2, 0.25) is 0 Å². The lowest BCUT2D eigenvalue weighted by molar-refractivity contribution is -0.0204. The molecule has 2 rings (SSSR count). The first-order chi connectivity index (χ1) is 14.7. The standard InChI is InChI=1S/C23H43N3O4Si/c1-5-9-20(30-23(24)28)21(27)19(16-18-10-7-6-8-11-18)22-25-12-13-26(22)17-29-14-15-31(2,3)4/h12-13,18-21,27H,5-11,14-17H2,1-4H3,(H2,24,28)/t19?,20-,21?/m1/s1. The number of hydrogen-bond donors (Lipinski definition) is 2. The molecule has 0 aliphatic heterocycles. The van der Waals surface area contributed by atoms with Crippen LogP contribution >= 0.6 is 0 Å². The highest BCUT2D eigenvalue weighted by molar-refractivity contribution is 6.76. The van der Waals surface area contributed by atoms with Crippen LogP contribution in [0.3, 0.4) is 0 Å². The van der Waals surface area contributed by atoms with Crippen LogP contribution in [-0.4, -0.2) is 47.6 Å². The molecule has 1 aliphatic rings. The Labute approximate surface area is 188 Å². The summed E-state index contributed by atoms with van der Waals surface area (Å²) in [5.41, 5.74) is 5.30. The minimum Gasteiger partial charge on any atom is -0.444 e. The number of nitrogens with zero attached hydrogens (tertiary/aromatic N) is 2. The van der Waals surface area contributed by atoms with Gasteiger partial charge in [-0.25, -0.2) is 9.78 Å². The van der Waals surface area contributed by atoms with Crippen molar-refractivity contribution in [1.82, 2.24) is 9.55 Å². The first kappa shape index (κ1) is 25.9. The number of ether oxygens (including phenoxy) is 2. The Hall–Kier alpha value is -1.38. The van der Waals surface area contributed by atoms with E-state index in [2.05, 4.69) is 24.6 Å². The largest absolute Gasteiger partial charge is 0.444 e. The number of rotatable bonds is 13. The van der Waals surface area contributed by atoms with Crippen LogP contribution < -0.4 is 5.73 Å². The van der Waals surface area contributed by atoms with Crippen molar-refractivity contribution in [3.8, 4) is 0 Å². The van der Waals surface area contributed by atoms with Crippen molar-refractivity contribution in [2.75, 3.05) is 6.61 Å². The van der Waals surface area contributed by atoms with Crippen LogP contribution in [0.25, 0.3) is 0 Å². The van der Waals surface area contributed by atoms with Gasteiger partial charge in [0, 0.05) is 33.0 Å². The average Bonchev–Trinajstić information content (AvgIpc) is 3.16. The third-order valence-electron chi connectivity index (χ3n) is 6.25. The predicted octanol–water partition coefficient (Wildman–Crippen LogP) is 4.87. The van der Waals surface area contributed by atoms with Gasteiger partial charge in [-0.2, -0.15) is 0 Å². The van der Waals surface area contributed by atoms with Gasteiger partial charge in [-0.15, -0.1) is 0 Å². The van der Waals surface area contributed by atoms with E-state index in [4.69, 9.17) is 15.2 Å². The molecular formula is C23H43N3O4Si. The number of hydrogen-bond acceptors (Lipinski definition) is 5. The number of primary amides is 1. The fourth-order valence-corrected chi connectivity index (χ4v) is 5.23. The quantitative estimate of drug-likeness (QED) is 0.328. The summed E-state index contributed by atoms with van der Waals surface area (Å²) in [7, 11) is -1.15. The van der Waals surface area contributed by atoms with Gasteiger partial charge < -0.3 is 24.9 Å². The van der Waals surface area contributed by atoms with Crippen molar-refractivity contribution in [3.05, 3.63) is 18.2 Å². The Morgan fingerprint density at radius 3 is 2.65 bits per heavy atom. The molecule has 1 aliphatic carbocycles. The molecule has 1 heterocycles. The van der Waals surface area contributed by atoms with Gasteiger partial charge >= 0.3 is 6.09 Å². The first-order valence-corrected chi connectivity index (χ1v) is 15.6. The maximum absolute atomic E-state index is 11.5. The molecule has 3 N–H and O–H groups in total. The fourth-order valence-electron chi connectivity index (χ4n) is 4.47. The zero-order chi connectivity index (χ0) is 22.9. The third-order valence-corrected chi connectivity index (χ3v) is 7.96. The molecule has 0 radical (unpaired) electrons. The topological polar surface area (TPSA) is 99.6 Å². The van der Waals surface area contributed by atoms with Crippen LogP contribution in [0.2, 0.25) is 25.7 Å². The SMILES string of the molecule is CCC[C@@H](OC(N)=O)C(O)C(CC1CCCCC1)c1nccn1COCC[Si](C)(C)C. The summed E-state index contributed by atoms with van der Waals surface area (Å²) in [6.45, 7) is 10.2. The maximum atomic E-state index is 11.5. The average molecular weight is 454 g/mol. The van der Waals surface area contributed by atoms with Gasteiger partial charge in [0.05, 0.1) is 0 Å². The van der Waals surface area contributed by atoms with Gasteiger partial charge in [-0.3, -0.25) is 0 Å². The molecule has 0 aromatic carbocycles. The van der Waals surface area contributed by atoms with E-state index in [9.17, 15) is 9.90 Å². The lowest BCUT2D eigenvalue weighted by atomic mass is 9.79. The van der Waals surface area contributed by atoms with Crippen LogP contribution in [0, 0.1) is 5.92 Å². The van der Waals surface area contributed by atoms with Crippen LogP contribution in [0.5, 0.6) is 0 Å². The van der Waals surface area contributed by atoms with E-state index in [-0.39, 0.29) is 5.92 Å². The summed E-state index contributed by atoms with van der Waals surface area (Å²) in [5.74, 6) is 1.12. The second kappa shape index (κ2) is 12.6. The highest BCUT2D eigenvalue weighted by atomic mass is 28.3. The molecule has 2 unspecified atom stereocenters. The number of nitrogens with two attached hydrogens (primary N) is 1. The number of aliphatic hydroxyl groups excluding tert-OH is 1. The Morgan fingerprint density at radius 2 is 2.03 bits per heavy atom. The monoisotopic (exact) mass is 453 g/mol. The Morgan fingerprint density at radius 1 is 1.32 bits per heavy atom. The van der Waals surface area contributed by atoms with E-state index in [1.54, 1.807) is 6.20 Å². The van der Waals surface area contributed by atoms with Gasteiger partial charge in [0.15, 0.2) is 0 Å². The molecule has 1 saturated carbocycles. The van der Waals surface area contributed by atoms with Gasteiger partial charge in [0.1, 0.15) is 24.8 Å². The summed E-state index contributed by atoms with van der Waals surface area (Å²) in [4.78, 5) is 16.1. The van der Waals surface area contributed by atoms with E-state index in [0.717, 1.165) is 31.3 Å². The molecule has 0 saturated heterocycles. The Kier molecular flexibility index (Phi) is 10.5. The van der Waals surface area contributed by atoms with Crippen molar-refractivity contribution >= 4 is 14.2 Å². The van der Waals surface area contributed by atoms with Gasteiger partial charge in [0.25, 0.3) is 0 Å². The van der Waals surface area contributed by atoms with Crippen molar-refractivity contribution in [3.63, 3.8) is 0 Å². The summed E-state index contributed by atoms with van der Waals surface area (Å²) in [6, 6.07) is 1.11. The normalized spacial score (nSPS) is 18.5. The fraction of sp³-hybridized carbons (Fsp3) is 0.826. The lowest BCUT2D eigenvalue weighted by Crippen LogP contribution is -2.39. The van der Waals surface area contributed by atoms with E-state index < -0.39 is 26.4 Å². The van der Waals surface area contributed by atoms with E-state index >= 15 is 0 Å². The molecule has 1 fully saturated rings. The van der Waals surface area contributed by atoms with Crippen molar-refractivity contribution in [2.45, 2.75) is 109 Å². The molecule has 1 aromatic heterocycles. The smallest absolute Gasteiger partial charge is 0.404 e. The number of aliphatic hydroxyl groups is 1. The molecule has 1 aromatic rings. The molecule has 0 bridgehead atoms. The molecule has 8 heteroatoms. The number of amides is 1. The second-order valence-corrected chi connectivity index (χ2v) is 15.8.